The first-order valence-electron chi connectivity index (χ1n) is 8.55. The molecule has 0 radical (unpaired) electrons. The highest BCUT2D eigenvalue weighted by molar-refractivity contribution is 5.89. The third-order valence-corrected chi connectivity index (χ3v) is 4.79. The molecule has 4 rings (SSSR count). The first-order valence-corrected chi connectivity index (χ1v) is 8.55. The molecule has 0 unspecified atom stereocenters. The molecule has 0 N–H and O–H groups in total. The fourth-order valence-electron chi connectivity index (χ4n) is 3.45. The van der Waals surface area contributed by atoms with E-state index in [0.29, 0.717) is 19.5 Å². The molecule has 0 spiro atoms. The number of carbonyl (C=O) groups is 1. The second-order valence-corrected chi connectivity index (χ2v) is 6.38. The molecule has 0 saturated carbocycles. The lowest BCUT2D eigenvalue weighted by molar-refractivity contribution is -0.130. The van der Waals surface area contributed by atoms with Crippen molar-refractivity contribution < 1.29 is 4.79 Å². The van der Waals surface area contributed by atoms with Gasteiger partial charge in [-0.05, 0) is 17.7 Å². The van der Waals surface area contributed by atoms with E-state index >= 15 is 0 Å². The predicted molar refractivity (Wildman–Crippen MR) is 97.4 cm³/mol. The van der Waals surface area contributed by atoms with E-state index in [0.717, 1.165) is 35.5 Å². The molecule has 1 aromatic carbocycles. The molecule has 25 heavy (non-hydrogen) atoms. The van der Waals surface area contributed by atoms with Gasteiger partial charge in [-0.3, -0.25) is 4.79 Å². The van der Waals surface area contributed by atoms with E-state index in [1.54, 1.807) is 12.4 Å². The van der Waals surface area contributed by atoms with Crippen molar-refractivity contribution >= 4 is 22.8 Å². The highest BCUT2D eigenvalue weighted by Crippen LogP contribution is 2.21. The number of hydrogen-bond donors (Lipinski definition) is 0. The lowest BCUT2D eigenvalue weighted by atomic mass is 10.1. The Balaban J connectivity index is 1.42. The summed E-state index contributed by atoms with van der Waals surface area (Å²) in [6, 6.07) is 10.0. The van der Waals surface area contributed by atoms with Gasteiger partial charge in [0.15, 0.2) is 0 Å². The lowest BCUT2D eigenvalue weighted by Crippen LogP contribution is -2.49. The number of hydrogen-bond acceptors (Lipinski definition) is 4. The van der Waals surface area contributed by atoms with Crippen molar-refractivity contribution in [3.63, 3.8) is 0 Å². The number of anilines is 1. The van der Waals surface area contributed by atoms with Crippen LogP contribution in [-0.4, -0.2) is 51.5 Å². The topological polar surface area (TPSA) is 54.3 Å². The van der Waals surface area contributed by atoms with Crippen LogP contribution >= 0.6 is 0 Å². The van der Waals surface area contributed by atoms with Crippen LogP contribution in [0.1, 0.15) is 5.56 Å². The van der Waals surface area contributed by atoms with Crippen LogP contribution in [0.3, 0.4) is 0 Å². The summed E-state index contributed by atoms with van der Waals surface area (Å²) < 4.78 is 2.09. The predicted octanol–water partition coefficient (Wildman–Crippen LogP) is 1.86. The standard InChI is InChI=1S/C19H21N5O/c1-22-14-15(16-5-2-3-6-17(16)22)13-18(25)23-9-11-24(12-10-23)19-20-7-4-8-21-19/h2-8,14H,9-13H2,1H3. The fraction of sp³-hybridized carbons (Fsp3) is 0.316. The van der Waals surface area contributed by atoms with Crippen LogP contribution in [0.4, 0.5) is 5.95 Å². The average molecular weight is 335 g/mol. The van der Waals surface area contributed by atoms with Gasteiger partial charge in [0.1, 0.15) is 0 Å². The van der Waals surface area contributed by atoms with Gasteiger partial charge in [-0.25, -0.2) is 9.97 Å². The largest absolute Gasteiger partial charge is 0.350 e. The number of fused-ring (bicyclic) bond motifs is 1. The van der Waals surface area contributed by atoms with Crippen molar-refractivity contribution in [1.82, 2.24) is 19.4 Å². The average Bonchev–Trinajstić information content (AvgIpc) is 2.98. The summed E-state index contributed by atoms with van der Waals surface area (Å²) in [5.41, 5.74) is 2.26. The van der Waals surface area contributed by atoms with Crippen LogP contribution < -0.4 is 4.90 Å². The minimum atomic E-state index is 0.185. The molecule has 3 aromatic rings. The van der Waals surface area contributed by atoms with Crippen molar-refractivity contribution in [3.8, 4) is 0 Å². The molecule has 128 valence electrons. The molecule has 0 atom stereocenters. The molecule has 1 amide bonds. The molecule has 1 aliphatic rings. The number of benzene rings is 1. The zero-order valence-electron chi connectivity index (χ0n) is 14.3. The summed E-state index contributed by atoms with van der Waals surface area (Å²) in [6.45, 7) is 2.96. The second kappa shape index (κ2) is 6.55. The van der Waals surface area contributed by atoms with E-state index in [2.05, 4.69) is 37.8 Å². The number of rotatable bonds is 3. The quantitative estimate of drug-likeness (QED) is 0.733. The summed E-state index contributed by atoms with van der Waals surface area (Å²) in [5.74, 6) is 0.925. The molecule has 1 aliphatic heterocycles. The minimum absolute atomic E-state index is 0.185. The number of aromatic nitrogens is 3. The molecular formula is C19H21N5O. The molecule has 6 heteroatoms. The van der Waals surface area contributed by atoms with Crippen LogP contribution in [0.5, 0.6) is 0 Å². The summed E-state index contributed by atoms with van der Waals surface area (Å²) in [4.78, 5) is 25.4. The van der Waals surface area contributed by atoms with E-state index in [9.17, 15) is 4.79 Å². The lowest BCUT2D eigenvalue weighted by Gasteiger charge is -2.34. The highest BCUT2D eigenvalue weighted by Gasteiger charge is 2.23. The van der Waals surface area contributed by atoms with Gasteiger partial charge in [0.2, 0.25) is 11.9 Å². The third kappa shape index (κ3) is 3.07. The molecule has 3 heterocycles. The monoisotopic (exact) mass is 335 g/mol. The highest BCUT2D eigenvalue weighted by atomic mass is 16.2. The van der Waals surface area contributed by atoms with Gasteiger partial charge in [-0.15, -0.1) is 0 Å². The fourth-order valence-corrected chi connectivity index (χ4v) is 3.45. The third-order valence-electron chi connectivity index (χ3n) is 4.79. The molecule has 6 nitrogen and oxygen atoms in total. The van der Waals surface area contributed by atoms with Crippen molar-refractivity contribution in [3.05, 3.63) is 54.5 Å². The number of amides is 1. The number of carbonyl (C=O) groups excluding carboxylic acids is 1. The van der Waals surface area contributed by atoms with Crippen LogP contribution in [0.25, 0.3) is 10.9 Å². The Labute approximate surface area is 146 Å². The first kappa shape index (κ1) is 15.6. The van der Waals surface area contributed by atoms with Crippen molar-refractivity contribution in [2.45, 2.75) is 6.42 Å². The van der Waals surface area contributed by atoms with E-state index in [-0.39, 0.29) is 5.91 Å². The minimum Gasteiger partial charge on any atom is -0.350 e. The Morgan fingerprint density at radius 3 is 2.52 bits per heavy atom. The van der Waals surface area contributed by atoms with Gasteiger partial charge in [0.05, 0.1) is 6.42 Å². The maximum Gasteiger partial charge on any atom is 0.227 e. The van der Waals surface area contributed by atoms with E-state index < -0.39 is 0 Å². The van der Waals surface area contributed by atoms with E-state index in [1.807, 2.05) is 30.1 Å². The maximum absolute atomic E-state index is 12.7. The van der Waals surface area contributed by atoms with Crippen molar-refractivity contribution in [2.24, 2.45) is 7.05 Å². The molecule has 1 saturated heterocycles. The smallest absolute Gasteiger partial charge is 0.227 e. The van der Waals surface area contributed by atoms with E-state index in [4.69, 9.17) is 0 Å². The van der Waals surface area contributed by atoms with Gasteiger partial charge in [0.25, 0.3) is 0 Å². The molecule has 2 aromatic heterocycles. The Kier molecular flexibility index (Phi) is 4.09. The number of para-hydroxylation sites is 1. The Morgan fingerprint density at radius 1 is 1.04 bits per heavy atom. The van der Waals surface area contributed by atoms with Gasteiger partial charge in [0, 0.05) is 62.7 Å². The van der Waals surface area contributed by atoms with Crippen molar-refractivity contribution in [1.29, 1.82) is 0 Å². The summed E-state index contributed by atoms with van der Waals surface area (Å²) in [5, 5.41) is 1.16. The molecular weight excluding hydrogens is 314 g/mol. The van der Waals surface area contributed by atoms with Crippen LogP contribution in [0, 0.1) is 0 Å². The molecule has 0 bridgehead atoms. The first-order chi connectivity index (χ1) is 12.2. The number of aryl methyl sites for hydroxylation is 1. The van der Waals surface area contributed by atoms with Crippen LogP contribution in [0.2, 0.25) is 0 Å². The molecule has 0 aliphatic carbocycles. The van der Waals surface area contributed by atoms with Gasteiger partial charge in [-0.2, -0.15) is 0 Å². The van der Waals surface area contributed by atoms with Crippen molar-refractivity contribution in [2.75, 3.05) is 31.1 Å². The zero-order valence-corrected chi connectivity index (χ0v) is 14.3. The zero-order chi connectivity index (χ0) is 17.2. The summed E-state index contributed by atoms with van der Waals surface area (Å²) in [7, 11) is 2.02. The molecule has 1 fully saturated rings. The van der Waals surface area contributed by atoms with Gasteiger partial charge >= 0.3 is 0 Å². The number of piperazine rings is 1. The Hall–Kier alpha value is -2.89. The van der Waals surface area contributed by atoms with Gasteiger partial charge in [-0.1, -0.05) is 18.2 Å². The van der Waals surface area contributed by atoms with Crippen LogP contribution in [0.15, 0.2) is 48.9 Å². The normalized spacial score (nSPS) is 14.9. The summed E-state index contributed by atoms with van der Waals surface area (Å²) >= 11 is 0. The van der Waals surface area contributed by atoms with Crippen LogP contribution in [-0.2, 0) is 18.3 Å². The Morgan fingerprint density at radius 2 is 1.76 bits per heavy atom. The second-order valence-electron chi connectivity index (χ2n) is 6.38. The SMILES string of the molecule is Cn1cc(CC(=O)N2CCN(c3ncccn3)CC2)c2ccccc21. The van der Waals surface area contributed by atoms with Gasteiger partial charge < -0.3 is 14.4 Å². The van der Waals surface area contributed by atoms with E-state index in [1.165, 1.54) is 0 Å². The maximum atomic E-state index is 12.7. The summed E-state index contributed by atoms with van der Waals surface area (Å²) in [6.07, 6.45) is 6.01. The number of nitrogens with zero attached hydrogens (tertiary/aromatic N) is 5. The Bertz CT molecular complexity index is 881.